The van der Waals surface area contributed by atoms with E-state index in [9.17, 15) is 0 Å². The van der Waals surface area contributed by atoms with Gasteiger partial charge in [0.15, 0.2) is 11.7 Å². The molecule has 0 aliphatic carbocycles. The number of ether oxygens (including phenoxy) is 1. The van der Waals surface area contributed by atoms with Gasteiger partial charge in [-0.2, -0.15) is 0 Å². The van der Waals surface area contributed by atoms with Crippen LogP contribution < -0.4 is 4.74 Å². The number of amidine groups is 2. The summed E-state index contributed by atoms with van der Waals surface area (Å²) in [4.78, 5) is 15.2. The molecule has 0 aliphatic heterocycles. The third-order valence-corrected chi connectivity index (χ3v) is 11.0. The highest BCUT2D eigenvalue weighted by Crippen LogP contribution is 2.40. The topological polar surface area (TPSA) is 59.5 Å². The maximum Gasteiger partial charge on any atom is 0.162 e. The van der Waals surface area contributed by atoms with Crippen LogP contribution in [0.25, 0.3) is 76.5 Å². The first-order valence-electron chi connectivity index (χ1n) is 19.3. The quantitative estimate of drug-likeness (QED) is 0.0926. The predicted octanol–water partition coefficient (Wildman–Crippen LogP) is 13.5. The van der Waals surface area contributed by atoms with E-state index in [1.165, 1.54) is 16.2 Å². The van der Waals surface area contributed by atoms with Crippen LogP contribution in [-0.2, 0) is 6.54 Å². The molecule has 0 aliphatic rings. The first-order valence-corrected chi connectivity index (χ1v) is 19.3. The highest BCUT2D eigenvalue weighted by atomic mass is 16.5. The van der Waals surface area contributed by atoms with Crippen LogP contribution in [0.4, 0.5) is 0 Å². The molecule has 276 valence electrons. The fourth-order valence-electron chi connectivity index (χ4n) is 8.10. The second-order valence-corrected chi connectivity index (χ2v) is 14.4. The average Bonchev–Trinajstić information content (AvgIpc) is 3.67. The maximum absolute atomic E-state index is 6.43. The number of furan rings is 1. The Morgan fingerprint density at radius 2 is 1.19 bits per heavy atom. The van der Waals surface area contributed by atoms with Gasteiger partial charge >= 0.3 is 0 Å². The Bertz CT molecular complexity index is 3250. The van der Waals surface area contributed by atoms with Crippen LogP contribution in [0.5, 0.6) is 5.75 Å². The van der Waals surface area contributed by atoms with Gasteiger partial charge < -0.3 is 9.15 Å². The molecular weight excluding hydrogens is 711 g/mol. The number of methoxy groups -OCH3 is 1. The molecule has 1 heterocycles. The molecule has 0 fully saturated rings. The van der Waals surface area contributed by atoms with E-state index in [4.69, 9.17) is 19.1 Å². The predicted molar refractivity (Wildman–Crippen MR) is 243 cm³/mol. The maximum atomic E-state index is 6.43. The third kappa shape index (κ3) is 6.29. The summed E-state index contributed by atoms with van der Waals surface area (Å²) >= 11 is 0. The summed E-state index contributed by atoms with van der Waals surface area (Å²) in [6.07, 6.45) is 0. The lowest BCUT2D eigenvalue weighted by atomic mass is 9.92. The van der Waals surface area contributed by atoms with Crippen LogP contribution in [0.15, 0.2) is 201 Å². The molecule has 5 heteroatoms. The standard InChI is InChI=1S/C53H37N3O2/c1-54-53(56-52(55-33-34-12-4-3-5-13-34)41-26-27-43-40(30-41)25-24-35-14-8-9-17-42(35)43)51-44(28-29-48-50(51)45-18-10-11-19-47(45)58-48)36-20-22-37(23-21-36)46-31-38-15-6-7-16-39(38)32-49(46)57-2/h3-32H,1,33H2,2H3. The lowest BCUT2D eigenvalue weighted by molar-refractivity contribution is 0.417. The van der Waals surface area contributed by atoms with Gasteiger partial charge in [0.05, 0.1) is 13.7 Å². The van der Waals surface area contributed by atoms with E-state index in [1.807, 2.05) is 48.5 Å². The minimum atomic E-state index is 0.450. The normalized spacial score (nSPS) is 12.2. The van der Waals surface area contributed by atoms with Crippen molar-refractivity contribution in [3.8, 4) is 28.0 Å². The monoisotopic (exact) mass is 747 g/mol. The van der Waals surface area contributed by atoms with Gasteiger partial charge in [0.25, 0.3) is 0 Å². The first kappa shape index (κ1) is 34.8. The van der Waals surface area contributed by atoms with Crippen molar-refractivity contribution in [1.82, 2.24) is 0 Å². The van der Waals surface area contributed by atoms with E-state index in [0.717, 1.165) is 82.8 Å². The fraction of sp³-hybridized carbons (Fsp3) is 0.0377. The Kier molecular flexibility index (Phi) is 8.88. The van der Waals surface area contributed by atoms with Crippen LogP contribution in [0.3, 0.4) is 0 Å². The molecule has 0 spiro atoms. The molecule has 9 aromatic carbocycles. The van der Waals surface area contributed by atoms with Crippen LogP contribution in [0.1, 0.15) is 16.7 Å². The molecule has 58 heavy (non-hydrogen) atoms. The Hall–Kier alpha value is -7.63. The van der Waals surface area contributed by atoms with Crippen LogP contribution in [0, 0.1) is 0 Å². The van der Waals surface area contributed by atoms with Crippen molar-refractivity contribution >= 4 is 72.6 Å². The molecule has 0 N–H and O–H groups in total. The summed E-state index contributed by atoms with van der Waals surface area (Å²) in [6, 6.07) is 62.9. The molecule has 0 saturated heterocycles. The zero-order valence-corrected chi connectivity index (χ0v) is 31.9. The first-order chi connectivity index (χ1) is 28.6. The number of hydrogen-bond acceptors (Lipinski definition) is 3. The molecule has 5 nitrogen and oxygen atoms in total. The average molecular weight is 748 g/mol. The number of fused-ring (bicyclic) bond motifs is 7. The summed E-state index contributed by atoms with van der Waals surface area (Å²) < 4.78 is 12.3. The van der Waals surface area contributed by atoms with E-state index < -0.39 is 0 Å². The van der Waals surface area contributed by atoms with Gasteiger partial charge in [-0.15, -0.1) is 0 Å². The zero-order valence-electron chi connectivity index (χ0n) is 31.9. The van der Waals surface area contributed by atoms with Crippen molar-refractivity contribution in [1.29, 1.82) is 0 Å². The number of hydrogen-bond donors (Lipinski definition) is 0. The second-order valence-electron chi connectivity index (χ2n) is 14.4. The number of rotatable bonds is 7. The van der Waals surface area contributed by atoms with Gasteiger partial charge in [-0.05, 0) is 97.7 Å². The van der Waals surface area contributed by atoms with Crippen molar-refractivity contribution < 1.29 is 9.15 Å². The Morgan fingerprint density at radius 1 is 0.534 bits per heavy atom. The molecule has 1 aromatic heterocycles. The van der Waals surface area contributed by atoms with E-state index in [-0.39, 0.29) is 0 Å². The molecule has 10 aromatic rings. The van der Waals surface area contributed by atoms with E-state index in [1.54, 1.807) is 7.11 Å². The summed E-state index contributed by atoms with van der Waals surface area (Å²) in [5.74, 6) is 1.85. The van der Waals surface area contributed by atoms with Crippen molar-refractivity contribution in [2.75, 3.05) is 7.11 Å². The molecule has 0 unspecified atom stereocenters. The largest absolute Gasteiger partial charge is 0.496 e. The van der Waals surface area contributed by atoms with Crippen LogP contribution in [0.2, 0.25) is 0 Å². The van der Waals surface area contributed by atoms with Gasteiger partial charge in [-0.3, -0.25) is 4.99 Å². The summed E-state index contributed by atoms with van der Waals surface area (Å²) in [5, 5.41) is 8.89. The smallest absolute Gasteiger partial charge is 0.162 e. The van der Waals surface area contributed by atoms with Crippen molar-refractivity contribution in [2.45, 2.75) is 6.54 Å². The third-order valence-electron chi connectivity index (χ3n) is 11.0. The lowest BCUT2D eigenvalue weighted by Gasteiger charge is -2.14. The van der Waals surface area contributed by atoms with Crippen molar-refractivity contribution in [3.63, 3.8) is 0 Å². The molecule has 0 saturated carbocycles. The highest BCUT2D eigenvalue weighted by molar-refractivity contribution is 6.25. The molecular formula is C53H37N3O2. The van der Waals surface area contributed by atoms with E-state index in [2.05, 4.69) is 145 Å². The second kappa shape index (κ2) is 14.8. The highest BCUT2D eigenvalue weighted by Gasteiger charge is 2.21. The van der Waals surface area contributed by atoms with Crippen molar-refractivity contribution in [3.05, 3.63) is 199 Å². The Balaban J connectivity index is 1.16. The fourth-order valence-corrected chi connectivity index (χ4v) is 8.10. The minimum Gasteiger partial charge on any atom is -0.496 e. The van der Waals surface area contributed by atoms with Crippen LogP contribution in [-0.4, -0.2) is 25.5 Å². The minimum absolute atomic E-state index is 0.450. The summed E-state index contributed by atoms with van der Waals surface area (Å²) in [6.45, 7) is 4.56. The zero-order chi connectivity index (χ0) is 39.0. The molecule has 0 atom stereocenters. The Morgan fingerprint density at radius 3 is 1.97 bits per heavy atom. The van der Waals surface area contributed by atoms with Crippen molar-refractivity contribution in [2.24, 2.45) is 15.0 Å². The summed E-state index contributed by atoms with van der Waals surface area (Å²) in [7, 11) is 1.72. The number of benzene rings is 9. The summed E-state index contributed by atoms with van der Waals surface area (Å²) in [5.41, 5.74) is 8.37. The number of para-hydroxylation sites is 1. The molecule has 0 amide bonds. The van der Waals surface area contributed by atoms with Gasteiger partial charge in [-0.1, -0.05) is 146 Å². The molecule has 0 radical (unpaired) electrons. The van der Waals surface area contributed by atoms with Crippen LogP contribution >= 0.6 is 0 Å². The van der Waals surface area contributed by atoms with Gasteiger partial charge in [-0.25, -0.2) is 9.98 Å². The molecule has 10 rings (SSSR count). The van der Waals surface area contributed by atoms with E-state index >= 15 is 0 Å². The SMILES string of the molecule is C=NC(=NC(=NCc1ccccc1)c1ccc2c(ccc3ccccc32)c1)c1c(-c2ccc(-c3cc4ccccc4cc3OC)cc2)ccc2oc3ccccc3c12. The lowest BCUT2D eigenvalue weighted by Crippen LogP contribution is -2.07. The van der Waals surface area contributed by atoms with Gasteiger partial charge in [0, 0.05) is 27.5 Å². The Labute approximate surface area is 335 Å². The van der Waals surface area contributed by atoms with Gasteiger partial charge in [0.1, 0.15) is 16.9 Å². The number of nitrogens with zero attached hydrogens (tertiary/aromatic N) is 3. The van der Waals surface area contributed by atoms with E-state index in [0.29, 0.717) is 18.2 Å². The molecule has 0 bridgehead atoms. The number of aliphatic imine (C=N–C) groups is 3. The van der Waals surface area contributed by atoms with Gasteiger partial charge in [0.2, 0.25) is 0 Å².